The number of carbonyl (C=O) groups excluding carboxylic acids is 1. The Kier molecular flexibility index (Phi) is 6.31. The third-order valence-electron chi connectivity index (χ3n) is 6.01. The third kappa shape index (κ3) is 4.67. The topological polar surface area (TPSA) is 105 Å². The summed E-state index contributed by atoms with van der Waals surface area (Å²) in [6, 6.07) is 9.09. The first-order chi connectivity index (χ1) is 15.7. The summed E-state index contributed by atoms with van der Waals surface area (Å²) < 4.78 is 46.1. The summed E-state index contributed by atoms with van der Waals surface area (Å²) in [5.74, 6) is -0.111. The van der Waals surface area contributed by atoms with Gasteiger partial charge in [-0.3, -0.25) is 4.79 Å². The highest BCUT2D eigenvalue weighted by molar-refractivity contribution is 7.89. The van der Waals surface area contributed by atoms with Crippen LogP contribution in [0.25, 0.3) is 11.4 Å². The van der Waals surface area contributed by atoms with Gasteiger partial charge in [-0.1, -0.05) is 17.3 Å². The molecule has 1 aliphatic heterocycles. The molecule has 1 unspecified atom stereocenters. The fraction of sp³-hybridized carbons (Fsp3) is 0.348. The summed E-state index contributed by atoms with van der Waals surface area (Å²) in [4.78, 5) is 19.5. The van der Waals surface area contributed by atoms with E-state index in [-0.39, 0.29) is 22.5 Å². The smallest absolute Gasteiger partial charge is 0.253 e. The lowest BCUT2D eigenvalue weighted by Gasteiger charge is -2.31. The molecule has 1 aromatic heterocycles. The second-order valence-corrected chi connectivity index (χ2v) is 10.0. The van der Waals surface area contributed by atoms with Crippen molar-refractivity contribution in [2.45, 2.75) is 37.5 Å². The average molecular weight is 473 g/mol. The zero-order valence-corrected chi connectivity index (χ0v) is 19.4. The summed E-state index contributed by atoms with van der Waals surface area (Å²) in [5.41, 5.74) is 2.16. The molecular formula is C23H25FN4O4S. The van der Waals surface area contributed by atoms with E-state index in [0.29, 0.717) is 41.5 Å². The quantitative estimate of drug-likeness (QED) is 0.610. The lowest BCUT2D eigenvalue weighted by molar-refractivity contribution is 0.0695. The van der Waals surface area contributed by atoms with Crippen molar-refractivity contribution in [3.63, 3.8) is 0 Å². The minimum atomic E-state index is -3.70. The van der Waals surface area contributed by atoms with Gasteiger partial charge in [-0.25, -0.2) is 17.5 Å². The Morgan fingerprint density at radius 1 is 1.24 bits per heavy atom. The van der Waals surface area contributed by atoms with Gasteiger partial charge in [0.15, 0.2) is 0 Å². The van der Waals surface area contributed by atoms with Crippen molar-refractivity contribution in [2.75, 3.05) is 20.1 Å². The van der Waals surface area contributed by atoms with Crippen LogP contribution >= 0.6 is 0 Å². The van der Waals surface area contributed by atoms with E-state index in [2.05, 4.69) is 14.9 Å². The van der Waals surface area contributed by atoms with Gasteiger partial charge >= 0.3 is 0 Å². The zero-order valence-electron chi connectivity index (χ0n) is 18.6. The number of hydrogen-bond acceptors (Lipinski definition) is 6. The van der Waals surface area contributed by atoms with Crippen molar-refractivity contribution >= 4 is 15.9 Å². The van der Waals surface area contributed by atoms with Gasteiger partial charge in [0.25, 0.3) is 5.91 Å². The second kappa shape index (κ2) is 9.03. The van der Waals surface area contributed by atoms with E-state index >= 15 is 0 Å². The van der Waals surface area contributed by atoms with Crippen LogP contribution in [-0.4, -0.2) is 49.5 Å². The molecular weight excluding hydrogens is 447 g/mol. The lowest BCUT2D eigenvalue weighted by atomic mass is 9.96. The Morgan fingerprint density at radius 3 is 2.76 bits per heavy atom. The molecule has 1 saturated heterocycles. The van der Waals surface area contributed by atoms with Gasteiger partial charge in [-0.15, -0.1) is 0 Å². The van der Waals surface area contributed by atoms with Crippen LogP contribution in [0.2, 0.25) is 0 Å². The van der Waals surface area contributed by atoms with Gasteiger partial charge in [0.05, 0.1) is 10.8 Å². The normalized spacial score (nSPS) is 16.7. The molecule has 1 amide bonds. The number of amides is 1. The Morgan fingerprint density at radius 2 is 2.03 bits per heavy atom. The number of hydrogen-bond donors (Lipinski definition) is 1. The van der Waals surface area contributed by atoms with Gasteiger partial charge < -0.3 is 9.42 Å². The van der Waals surface area contributed by atoms with E-state index < -0.39 is 10.0 Å². The van der Waals surface area contributed by atoms with Gasteiger partial charge in [0, 0.05) is 24.2 Å². The van der Waals surface area contributed by atoms with Crippen molar-refractivity contribution in [1.82, 2.24) is 19.8 Å². The number of rotatable bonds is 5. The van der Waals surface area contributed by atoms with Crippen molar-refractivity contribution in [3.05, 3.63) is 64.8 Å². The molecule has 1 atom stereocenters. The molecule has 8 nitrogen and oxygen atoms in total. The van der Waals surface area contributed by atoms with E-state index in [1.54, 1.807) is 36.9 Å². The number of nitrogens with one attached hydrogen (secondary N) is 1. The van der Waals surface area contributed by atoms with E-state index in [4.69, 9.17) is 4.52 Å². The van der Waals surface area contributed by atoms with Crippen molar-refractivity contribution < 1.29 is 22.1 Å². The number of aryl methyl sites for hydroxylation is 1. The number of halogens is 1. The highest BCUT2D eigenvalue weighted by Gasteiger charge is 2.30. The van der Waals surface area contributed by atoms with Crippen LogP contribution in [0.1, 0.15) is 46.1 Å². The predicted molar refractivity (Wildman–Crippen MR) is 120 cm³/mol. The Bertz CT molecular complexity index is 1310. The average Bonchev–Trinajstić information content (AvgIpc) is 3.31. The highest BCUT2D eigenvalue weighted by atomic mass is 32.2. The van der Waals surface area contributed by atoms with Crippen molar-refractivity contribution in [3.8, 4) is 11.4 Å². The molecule has 3 aromatic rings. The first-order valence-corrected chi connectivity index (χ1v) is 12.1. The number of likely N-dealkylation sites (tertiary alicyclic amines) is 1. The van der Waals surface area contributed by atoms with E-state index in [9.17, 15) is 17.6 Å². The number of piperidine rings is 1. The second-order valence-electron chi connectivity index (χ2n) is 8.18. The van der Waals surface area contributed by atoms with Crippen molar-refractivity contribution in [2.24, 2.45) is 0 Å². The SMILES string of the molecule is CNS(=O)(=O)c1cc(C(=O)N2CCCC(c3nc(-c4cccc(F)c4)no3)C2)cc(C)c1C. The highest BCUT2D eigenvalue weighted by Crippen LogP contribution is 2.29. The minimum Gasteiger partial charge on any atom is -0.339 e. The van der Waals surface area contributed by atoms with Gasteiger partial charge in [0.2, 0.25) is 21.7 Å². The molecule has 174 valence electrons. The molecule has 2 heterocycles. The van der Waals surface area contributed by atoms with Crippen LogP contribution in [-0.2, 0) is 10.0 Å². The molecule has 0 saturated carbocycles. The maximum atomic E-state index is 13.5. The van der Waals surface area contributed by atoms with Crippen molar-refractivity contribution in [1.29, 1.82) is 0 Å². The fourth-order valence-corrected chi connectivity index (χ4v) is 5.10. The van der Waals surface area contributed by atoms with Crippen LogP contribution in [0.4, 0.5) is 4.39 Å². The first kappa shape index (κ1) is 23.1. The standard InChI is InChI=1S/C23H25FN4O4S/c1-14-10-18(12-20(15(14)2)33(30,31)25-3)23(29)28-9-5-7-17(13-28)22-26-21(27-32-22)16-6-4-8-19(24)11-16/h4,6,8,10-12,17,25H,5,7,9,13H2,1-3H3. The predicted octanol–water partition coefficient (Wildman–Crippen LogP) is 3.42. The minimum absolute atomic E-state index is 0.0959. The summed E-state index contributed by atoms with van der Waals surface area (Å²) >= 11 is 0. The third-order valence-corrected chi connectivity index (χ3v) is 7.55. The van der Waals surface area contributed by atoms with Crippen LogP contribution < -0.4 is 4.72 Å². The summed E-state index contributed by atoms with van der Waals surface area (Å²) in [6.07, 6.45) is 1.50. The largest absolute Gasteiger partial charge is 0.339 e. The first-order valence-electron chi connectivity index (χ1n) is 10.6. The number of nitrogens with zero attached hydrogens (tertiary/aromatic N) is 3. The molecule has 10 heteroatoms. The maximum absolute atomic E-state index is 13.5. The van der Waals surface area contributed by atoms with Crippen LogP contribution in [0.5, 0.6) is 0 Å². The van der Waals surface area contributed by atoms with Gasteiger partial charge in [-0.2, -0.15) is 4.98 Å². The maximum Gasteiger partial charge on any atom is 0.253 e. The molecule has 0 spiro atoms. The fourth-order valence-electron chi connectivity index (χ4n) is 4.03. The summed E-state index contributed by atoms with van der Waals surface area (Å²) in [7, 11) is -2.36. The molecule has 0 aliphatic carbocycles. The number of sulfonamides is 1. The van der Waals surface area contributed by atoms with E-state index in [0.717, 1.165) is 18.4 Å². The Balaban J connectivity index is 1.57. The molecule has 1 fully saturated rings. The van der Waals surface area contributed by atoms with E-state index in [1.807, 2.05) is 0 Å². The lowest BCUT2D eigenvalue weighted by Crippen LogP contribution is -2.39. The molecule has 0 radical (unpaired) electrons. The molecule has 1 aliphatic rings. The molecule has 33 heavy (non-hydrogen) atoms. The molecule has 0 bridgehead atoms. The Hall–Kier alpha value is -3.11. The van der Waals surface area contributed by atoms with Gasteiger partial charge in [0.1, 0.15) is 5.82 Å². The van der Waals surface area contributed by atoms with Crippen LogP contribution in [0, 0.1) is 19.7 Å². The monoisotopic (exact) mass is 472 g/mol. The number of aromatic nitrogens is 2. The van der Waals surface area contributed by atoms with E-state index in [1.165, 1.54) is 25.2 Å². The molecule has 1 N–H and O–H groups in total. The summed E-state index contributed by atoms with van der Waals surface area (Å²) in [6.45, 7) is 4.41. The molecule has 4 rings (SSSR count). The van der Waals surface area contributed by atoms with Crippen LogP contribution in [0.15, 0.2) is 45.8 Å². The number of benzene rings is 2. The Labute approximate surface area is 191 Å². The summed E-state index contributed by atoms with van der Waals surface area (Å²) in [5, 5.41) is 3.97. The number of carbonyl (C=O) groups is 1. The van der Waals surface area contributed by atoms with Crippen LogP contribution in [0.3, 0.4) is 0 Å². The molecule has 2 aromatic carbocycles. The van der Waals surface area contributed by atoms with Gasteiger partial charge in [-0.05, 0) is 69.1 Å². The zero-order chi connectivity index (χ0) is 23.8.